The summed E-state index contributed by atoms with van der Waals surface area (Å²) in [5.74, 6) is -0.875. The summed E-state index contributed by atoms with van der Waals surface area (Å²) in [6.45, 7) is 5.00. The lowest BCUT2D eigenvalue weighted by Crippen LogP contribution is -2.52. The fourth-order valence-corrected chi connectivity index (χ4v) is 5.49. The van der Waals surface area contributed by atoms with Gasteiger partial charge in [-0.3, -0.25) is 13.9 Å². The Labute approximate surface area is 234 Å². The van der Waals surface area contributed by atoms with Gasteiger partial charge in [-0.25, -0.2) is 8.42 Å². The molecular weight excluding hydrogens is 545 g/mol. The van der Waals surface area contributed by atoms with Gasteiger partial charge in [0.1, 0.15) is 12.6 Å². The number of para-hydroxylation sites is 1. The molecule has 1 N–H and O–H groups in total. The van der Waals surface area contributed by atoms with E-state index in [1.165, 1.54) is 29.2 Å². The first kappa shape index (κ1) is 29.5. The predicted molar refractivity (Wildman–Crippen MR) is 152 cm³/mol. The molecule has 0 aliphatic carbocycles. The zero-order chi connectivity index (χ0) is 27.9. The van der Waals surface area contributed by atoms with Crippen LogP contribution >= 0.6 is 23.2 Å². The maximum atomic E-state index is 13.8. The summed E-state index contributed by atoms with van der Waals surface area (Å²) in [7, 11) is -4.14. The average molecular weight is 577 g/mol. The van der Waals surface area contributed by atoms with E-state index in [-0.39, 0.29) is 23.4 Å². The summed E-state index contributed by atoms with van der Waals surface area (Å²) in [4.78, 5) is 28.2. The van der Waals surface area contributed by atoms with Crippen LogP contribution in [-0.4, -0.2) is 43.8 Å². The summed E-state index contributed by atoms with van der Waals surface area (Å²) in [6.07, 6.45) is 0.724. The molecule has 2 amide bonds. The molecule has 38 heavy (non-hydrogen) atoms. The summed E-state index contributed by atoms with van der Waals surface area (Å²) in [6, 6.07) is 20.1. The minimum Gasteiger partial charge on any atom is -0.352 e. The topological polar surface area (TPSA) is 86.8 Å². The lowest BCUT2D eigenvalue weighted by Gasteiger charge is -2.32. The van der Waals surface area contributed by atoms with Crippen LogP contribution in [0.4, 0.5) is 5.69 Å². The molecule has 0 spiro atoms. The van der Waals surface area contributed by atoms with E-state index in [0.717, 1.165) is 10.7 Å². The molecule has 0 saturated carbocycles. The van der Waals surface area contributed by atoms with Gasteiger partial charge in [-0.1, -0.05) is 60.5 Å². The number of nitrogens with zero attached hydrogens (tertiary/aromatic N) is 2. The molecule has 202 valence electrons. The third-order valence-electron chi connectivity index (χ3n) is 6.13. The standard InChI is InChI=1S/C28H31Cl2N3O4S/c1-4-20(2)31-28(35)21(3)32(18-22-9-8-10-24(30)17-22)27(34)19-33(25-11-6-5-7-12-25)38(36,37)26-15-13-23(29)14-16-26/h5-17,20-21H,4,18-19H2,1-3H3,(H,31,35)/t20-,21-/m1/s1. The number of carbonyl (C=O) groups excluding carboxylic acids is 2. The van der Waals surface area contributed by atoms with Crippen LogP contribution in [0.2, 0.25) is 10.0 Å². The van der Waals surface area contributed by atoms with Crippen LogP contribution in [0.3, 0.4) is 0 Å². The average Bonchev–Trinajstić information content (AvgIpc) is 2.90. The highest BCUT2D eigenvalue weighted by atomic mass is 35.5. The largest absolute Gasteiger partial charge is 0.352 e. The van der Waals surface area contributed by atoms with Crippen LogP contribution < -0.4 is 9.62 Å². The molecule has 10 heteroatoms. The molecule has 3 aromatic rings. The lowest BCUT2D eigenvalue weighted by molar-refractivity contribution is -0.139. The maximum absolute atomic E-state index is 13.8. The fourth-order valence-electron chi connectivity index (χ4n) is 3.74. The van der Waals surface area contributed by atoms with E-state index in [9.17, 15) is 18.0 Å². The van der Waals surface area contributed by atoms with Crippen LogP contribution in [0.1, 0.15) is 32.8 Å². The van der Waals surface area contributed by atoms with Gasteiger partial charge in [0.15, 0.2) is 0 Å². The summed E-state index contributed by atoms with van der Waals surface area (Å²) in [5, 5.41) is 3.78. The number of halogens is 2. The molecule has 0 aliphatic heterocycles. The molecule has 0 aliphatic rings. The zero-order valence-corrected chi connectivity index (χ0v) is 23.8. The first-order valence-corrected chi connectivity index (χ1v) is 14.4. The van der Waals surface area contributed by atoms with E-state index in [1.807, 2.05) is 13.8 Å². The van der Waals surface area contributed by atoms with Crippen molar-refractivity contribution in [2.45, 2.75) is 50.7 Å². The highest BCUT2D eigenvalue weighted by Crippen LogP contribution is 2.25. The maximum Gasteiger partial charge on any atom is 0.264 e. The highest BCUT2D eigenvalue weighted by Gasteiger charge is 2.32. The van der Waals surface area contributed by atoms with Crippen molar-refractivity contribution in [3.63, 3.8) is 0 Å². The van der Waals surface area contributed by atoms with Crippen LogP contribution in [0.25, 0.3) is 0 Å². The summed E-state index contributed by atoms with van der Waals surface area (Å²) >= 11 is 12.1. The van der Waals surface area contributed by atoms with Crippen LogP contribution in [0.15, 0.2) is 83.8 Å². The van der Waals surface area contributed by atoms with E-state index in [4.69, 9.17) is 23.2 Å². The van der Waals surface area contributed by atoms with Gasteiger partial charge in [0.25, 0.3) is 10.0 Å². The number of hydrogen-bond donors (Lipinski definition) is 1. The molecule has 2 atom stereocenters. The Balaban J connectivity index is 2.00. The molecule has 0 fully saturated rings. The van der Waals surface area contributed by atoms with E-state index < -0.39 is 28.5 Å². The van der Waals surface area contributed by atoms with Gasteiger partial charge in [-0.05, 0) is 74.4 Å². The number of amides is 2. The summed E-state index contributed by atoms with van der Waals surface area (Å²) in [5.41, 5.74) is 1.02. The highest BCUT2D eigenvalue weighted by molar-refractivity contribution is 7.92. The fraction of sp³-hybridized carbons (Fsp3) is 0.286. The van der Waals surface area contributed by atoms with Crippen LogP contribution in [0.5, 0.6) is 0 Å². The predicted octanol–water partition coefficient (Wildman–Crippen LogP) is 5.52. The van der Waals surface area contributed by atoms with E-state index >= 15 is 0 Å². The second kappa shape index (κ2) is 13.1. The van der Waals surface area contributed by atoms with Crippen molar-refractivity contribution in [2.75, 3.05) is 10.8 Å². The van der Waals surface area contributed by atoms with Crippen molar-refractivity contribution in [3.8, 4) is 0 Å². The minimum atomic E-state index is -4.14. The van der Waals surface area contributed by atoms with Crippen molar-refractivity contribution in [3.05, 3.63) is 94.5 Å². The molecule has 7 nitrogen and oxygen atoms in total. The Hall–Kier alpha value is -3.07. The van der Waals surface area contributed by atoms with Crippen molar-refractivity contribution in [1.29, 1.82) is 0 Å². The lowest BCUT2D eigenvalue weighted by atomic mass is 10.1. The number of benzene rings is 3. The van der Waals surface area contributed by atoms with Gasteiger partial charge in [0, 0.05) is 22.6 Å². The number of nitrogens with one attached hydrogen (secondary N) is 1. The Morgan fingerprint density at radius 2 is 1.55 bits per heavy atom. The molecular formula is C28H31Cl2N3O4S. The normalized spacial score (nSPS) is 12.9. The molecule has 0 unspecified atom stereocenters. The monoisotopic (exact) mass is 575 g/mol. The Bertz CT molecular complexity index is 1350. The molecule has 0 saturated heterocycles. The van der Waals surface area contributed by atoms with E-state index in [1.54, 1.807) is 61.5 Å². The molecule has 0 bridgehead atoms. The van der Waals surface area contributed by atoms with Gasteiger partial charge in [0.05, 0.1) is 10.6 Å². The van der Waals surface area contributed by atoms with Crippen molar-refractivity contribution in [1.82, 2.24) is 10.2 Å². The molecule has 3 rings (SSSR count). The van der Waals surface area contributed by atoms with Gasteiger partial charge < -0.3 is 10.2 Å². The first-order chi connectivity index (χ1) is 18.0. The van der Waals surface area contributed by atoms with Crippen molar-refractivity contribution >= 4 is 50.7 Å². The number of hydrogen-bond acceptors (Lipinski definition) is 4. The summed E-state index contributed by atoms with van der Waals surface area (Å²) < 4.78 is 28.5. The third-order valence-corrected chi connectivity index (χ3v) is 8.41. The zero-order valence-electron chi connectivity index (χ0n) is 21.5. The molecule has 0 radical (unpaired) electrons. The van der Waals surface area contributed by atoms with Gasteiger partial charge in [-0.15, -0.1) is 0 Å². The Morgan fingerprint density at radius 3 is 2.16 bits per heavy atom. The molecule has 3 aromatic carbocycles. The van der Waals surface area contributed by atoms with Crippen LogP contribution in [-0.2, 0) is 26.2 Å². The number of sulfonamides is 1. The smallest absolute Gasteiger partial charge is 0.264 e. The number of carbonyl (C=O) groups is 2. The molecule has 0 aromatic heterocycles. The van der Waals surface area contributed by atoms with Gasteiger partial charge in [0.2, 0.25) is 11.8 Å². The Morgan fingerprint density at radius 1 is 0.895 bits per heavy atom. The first-order valence-electron chi connectivity index (χ1n) is 12.2. The SMILES string of the molecule is CC[C@@H](C)NC(=O)[C@@H](C)N(Cc1cccc(Cl)c1)C(=O)CN(c1ccccc1)S(=O)(=O)c1ccc(Cl)cc1. The number of anilines is 1. The third kappa shape index (κ3) is 7.49. The Kier molecular flexibility index (Phi) is 10.2. The van der Waals surface area contributed by atoms with Gasteiger partial charge in [-0.2, -0.15) is 0 Å². The second-order valence-electron chi connectivity index (χ2n) is 8.95. The van der Waals surface area contributed by atoms with Gasteiger partial charge >= 0.3 is 0 Å². The van der Waals surface area contributed by atoms with E-state index in [2.05, 4.69) is 5.32 Å². The molecule has 0 heterocycles. The van der Waals surface area contributed by atoms with Crippen molar-refractivity contribution < 1.29 is 18.0 Å². The quantitative estimate of drug-likeness (QED) is 0.326. The van der Waals surface area contributed by atoms with Crippen molar-refractivity contribution in [2.24, 2.45) is 0 Å². The second-order valence-corrected chi connectivity index (χ2v) is 11.7. The number of rotatable bonds is 11. The minimum absolute atomic E-state index is 0.0116. The van der Waals surface area contributed by atoms with Crippen LogP contribution in [0, 0.1) is 0 Å². The van der Waals surface area contributed by atoms with E-state index in [0.29, 0.717) is 21.3 Å².